The Labute approximate surface area is 117 Å². The zero-order chi connectivity index (χ0) is 12.6. The molecule has 0 amide bonds. The molecule has 2 nitrogen and oxygen atoms in total. The molecule has 100 valence electrons. The molecule has 0 spiro atoms. The van der Waals surface area contributed by atoms with E-state index < -0.39 is 0 Å². The van der Waals surface area contributed by atoms with Crippen molar-refractivity contribution in [1.82, 2.24) is 0 Å². The lowest BCUT2D eigenvalue weighted by molar-refractivity contribution is -0.0274. The summed E-state index contributed by atoms with van der Waals surface area (Å²) in [5.41, 5.74) is 2.95. The minimum Gasteiger partial charge on any atom is -0.369 e. The molecular weight excluding hydrogens is 248 g/mol. The summed E-state index contributed by atoms with van der Waals surface area (Å²) < 4.78 is 12.4. The van der Waals surface area contributed by atoms with Crippen molar-refractivity contribution in [1.29, 1.82) is 0 Å². The lowest BCUT2D eigenvalue weighted by Crippen LogP contribution is -2.58. The number of benzene rings is 1. The van der Waals surface area contributed by atoms with Gasteiger partial charge in [-0.3, -0.25) is 0 Å². The average Bonchev–Trinajstić information content (AvgIpc) is 2.88. The molecule has 2 saturated carbocycles. The molecule has 0 unspecified atom stereocenters. The van der Waals surface area contributed by atoms with Gasteiger partial charge in [-0.15, -0.1) is 0 Å². The lowest BCUT2D eigenvalue weighted by Gasteiger charge is -2.56. The highest BCUT2D eigenvalue weighted by atomic mass is 16.6. The maximum Gasteiger partial charge on any atom is 0.0882 e. The third-order valence-electron chi connectivity index (χ3n) is 7.14. The summed E-state index contributed by atoms with van der Waals surface area (Å²) in [6.07, 6.45) is 6.95. The maximum absolute atomic E-state index is 6.46. The highest BCUT2D eigenvalue weighted by Crippen LogP contribution is 2.74. The fraction of sp³-hybridized carbons (Fsp3) is 0.556. The number of ether oxygens (including phenoxy) is 2. The van der Waals surface area contributed by atoms with E-state index >= 15 is 0 Å². The van der Waals surface area contributed by atoms with Gasteiger partial charge >= 0.3 is 0 Å². The highest BCUT2D eigenvalue weighted by molar-refractivity contribution is 5.43. The fourth-order valence-electron chi connectivity index (χ4n) is 6.53. The standard InChI is InChI=1S/C18H16O2/c1-2-4-8-7(3-1)15-11-9-5-6-10(12(11)16(8)19-15)14-13(9)17-18(14)20-17/h1-6,9-18H/t9-,10+,11-,12+,13+,14-,15+,16-,17-,18+. The van der Waals surface area contributed by atoms with Crippen LogP contribution >= 0.6 is 0 Å². The van der Waals surface area contributed by atoms with Crippen LogP contribution in [0, 0.1) is 35.5 Å². The second-order valence-electron chi connectivity index (χ2n) is 7.52. The van der Waals surface area contributed by atoms with Crippen LogP contribution in [0.25, 0.3) is 0 Å². The average molecular weight is 264 g/mol. The third-order valence-corrected chi connectivity index (χ3v) is 7.14. The molecule has 2 heteroatoms. The summed E-state index contributed by atoms with van der Waals surface area (Å²) in [6.45, 7) is 0. The van der Waals surface area contributed by atoms with Crippen LogP contribution in [-0.4, -0.2) is 12.2 Å². The van der Waals surface area contributed by atoms with Crippen LogP contribution in [0.4, 0.5) is 0 Å². The van der Waals surface area contributed by atoms with Gasteiger partial charge in [0.05, 0.1) is 24.4 Å². The monoisotopic (exact) mass is 264 g/mol. The summed E-state index contributed by atoms with van der Waals surface area (Å²) in [6, 6.07) is 8.91. The highest BCUT2D eigenvalue weighted by Gasteiger charge is 2.76. The van der Waals surface area contributed by atoms with Crippen LogP contribution in [-0.2, 0) is 9.47 Å². The van der Waals surface area contributed by atoms with Crippen molar-refractivity contribution < 1.29 is 9.47 Å². The summed E-state index contributed by atoms with van der Waals surface area (Å²) in [5.74, 6) is 4.48. The molecule has 4 aliphatic carbocycles. The van der Waals surface area contributed by atoms with Crippen molar-refractivity contribution in [2.24, 2.45) is 35.5 Å². The topological polar surface area (TPSA) is 21.8 Å². The second kappa shape index (κ2) is 2.77. The largest absolute Gasteiger partial charge is 0.369 e. The third kappa shape index (κ3) is 0.801. The molecule has 7 aliphatic rings. The Morgan fingerprint density at radius 1 is 0.650 bits per heavy atom. The van der Waals surface area contributed by atoms with Crippen LogP contribution in [0.1, 0.15) is 23.3 Å². The van der Waals surface area contributed by atoms with Crippen LogP contribution < -0.4 is 0 Å². The number of fused-ring (bicyclic) bond motifs is 6. The number of allylic oxidation sites excluding steroid dienone is 2. The van der Waals surface area contributed by atoms with E-state index in [1.54, 1.807) is 0 Å². The van der Waals surface area contributed by atoms with Gasteiger partial charge in [-0.25, -0.2) is 0 Å². The van der Waals surface area contributed by atoms with Gasteiger partial charge < -0.3 is 9.47 Å². The van der Waals surface area contributed by atoms with E-state index in [1.165, 1.54) is 11.1 Å². The zero-order valence-electron chi connectivity index (χ0n) is 11.1. The van der Waals surface area contributed by atoms with E-state index in [2.05, 4.69) is 36.4 Å². The van der Waals surface area contributed by atoms with Gasteiger partial charge in [0.2, 0.25) is 0 Å². The minimum absolute atomic E-state index is 0.359. The Hall–Kier alpha value is -1.12. The second-order valence-corrected chi connectivity index (χ2v) is 7.52. The molecule has 8 rings (SSSR count). The van der Waals surface area contributed by atoms with Gasteiger partial charge in [0.15, 0.2) is 0 Å². The molecule has 0 radical (unpaired) electrons. The first kappa shape index (κ1) is 9.75. The van der Waals surface area contributed by atoms with Crippen LogP contribution in [0.3, 0.4) is 0 Å². The molecule has 0 N–H and O–H groups in total. The van der Waals surface area contributed by atoms with Crippen LogP contribution in [0.2, 0.25) is 0 Å². The van der Waals surface area contributed by atoms with Crippen molar-refractivity contribution in [2.75, 3.05) is 0 Å². The van der Waals surface area contributed by atoms with Gasteiger partial charge in [0.25, 0.3) is 0 Å². The number of epoxide rings is 1. The smallest absolute Gasteiger partial charge is 0.0882 e. The molecule has 4 bridgehead atoms. The molecule has 1 aromatic rings. The fourth-order valence-corrected chi connectivity index (χ4v) is 6.53. The summed E-state index contributed by atoms with van der Waals surface area (Å²) >= 11 is 0. The predicted molar refractivity (Wildman–Crippen MR) is 71.8 cm³/mol. The van der Waals surface area contributed by atoms with Crippen molar-refractivity contribution in [3.63, 3.8) is 0 Å². The van der Waals surface area contributed by atoms with Gasteiger partial charge in [-0.1, -0.05) is 36.4 Å². The van der Waals surface area contributed by atoms with E-state index in [-0.39, 0.29) is 0 Å². The van der Waals surface area contributed by atoms with E-state index in [9.17, 15) is 0 Å². The summed E-state index contributed by atoms with van der Waals surface area (Å²) in [5, 5.41) is 0. The van der Waals surface area contributed by atoms with Crippen molar-refractivity contribution in [3.8, 4) is 0 Å². The summed E-state index contributed by atoms with van der Waals surface area (Å²) in [7, 11) is 0. The van der Waals surface area contributed by atoms with Gasteiger partial charge in [-0.2, -0.15) is 0 Å². The van der Waals surface area contributed by atoms with Crippen molar-refractivity contribution in [2.45, 2.75) is 24.4 Å². The Kier molecular flexibility index (Phi) is 1.35. The number of hydrogen-bond acceptors (Lipinski definition) is 2. The first-order valence-electron chi connectivity index (χ1n) is 8.01. The SMILES string of the molecule is C1=C[C@H]2[C@@H]3[C@H]4O[C@H]4[C@@H]3[C@@H]1[C@H]1[C@@H]2[C@H]2O[C@@H]1c1ccccc12. The maximum atomic E-state index is 6.46. The van der Waals surface area contributed by atoms with Crippen molar-refractivity contribution in [3.05, 3.63) is 47.5 Å². The van der Waals surface area contributed by atoms with Gasteiger partial charge in [0, 0.05) is 23.7 Å². The molecule has 3 heterocycles. The first-order valence-corrected chi connectivity index (χ1v) is 8.01. The number of hydrogen-bond donors (Lipinski definition) is 0. The molecular formula is C18H16O2. The van der Waals surface area contributed by atoms with Crippen LogP contribution in [0.15, 0.2) is 36.4 Å². The zero-order valence-corrected chi connectivity index (χ0v) is 11.1. The Morgan fingerprint density at radius 3 is 1.75 bits per heavy atom. The Balaban J connectivity index is 1.44. The molecule has 2 saturated heterocycles. The molecule has 1 aromatic carbocycles. The van der Waals surface area contributed by atoms with Gasteiger partial charge in [-0.05, 0) is 23.0 Å². The van der Waals surface area contributed by atoms with E-state index in [1.807, 2.05) is 0 Å². The minimum atomic E-state index is 0.359. The van der Waals surface area contributed by atoms with Crippen LogP contribution in [0.5, 0.6) is 0 Å². The van der Waals surface area contributed by atoms with Gasteiger partial charge in [0.1, 0.15) is 0 Å². The molecule has 4 fully saturated rings. The quantitative estimate of drug-likeness (QED) is 0.531. The van der Waals surface area contributed by atoms with E-state index in [0.717, 1.165) is 23.7 Å². The predicted octanol–water partition coefficient (Wildman–Crippen LogP) is 2.87. The number of rotatable bonds is 0. The molecule has 0 aromatic heterocycles. The molecule has 3 aliphatic heterocycles. The van der Waals surface area contributed by atoms with Crippen molar-refractivity contribution >= 4 is 0 Å². The summed E-state index contributed by atoms with van der Waals surface area (Å²) in [4.78, 5) is 0. The molecule has 10 atom stereocenters. The Morgan fingerprint density at radius 2 is 1.20 bits per heavy atom. The first-order chi connectivity index (χ1) is 9.93. The van der Waals surface area contributed by atoms with E-state index in [4.69, 9.17) is 9.47 Å². The normalized spacial score (nSPS) is 61.4. The lowest BCUT2D eigenvalue weighted by atomic mass is 9.44. The molecule has 20 heavy (non-hydrogen) atoms. The Bertz CT molecular complexity index is 625. The van der Waals surface area contributed by atoms with E-state index in [0.29, 0.717) is 36.3 Å².